The zero-order chi connectivity index (χ0) is 11.4. The monoisotopic (exact) mass is 255 g/mol. The van der Waals surface area contributed by atoms with Crippen molar-refractivity contribution in [2.24, 2.45) is 0 Å². The molecule has 0 N–H and O–H groups in total. The highest BCUT2D eigenvalue weighted by molar-refractivity contribution is 7.09. The molecule has 0 radical (unpaired) electrons. The van der Waals surface area contributed by atoms with Gasteiger partial charge in [0.05, 0.1) is 5.51 Å². The third kappa shape index (κ3) is 2.80. The number of thiazole rings is 1. The van der Waals surface area contributed by atoms with Gasteiger partial charge in [0, 0.05) is 22.9 Å². The summed E-state index contributed by atoms with van der Waals surface area (Å²) < 4.78 is 13.1. The van der Waals surface area contributed by atoms with Crippen LogP contribution in [0.4, 0.5) is 4.39 Å². The topological polar surface area (TPSA) is 12.9 Å². The lowest BCUT2D eigenvalue weighted by atomic mass is 9.97. The Morgan fingerprint density at radius 1 is 1.44 bits per heavy atom. The minimum absolute atomic E-state index is 0.151. The number of nitrogens with zero attached hydrogens (tertiary/aromatic N) is 1. The molecule has 1 heterocycles. The summed E-state index contributed by atoms with van der Waals surface area (Å²) in [6.45, 7) is 0. The van der Waals surface area contributed by atoms with E-state index in [1.807, 2.05) is 12.3 Å². The molecule has 1 aromatic heterocycles. The van der Waals surface area contributed by atoms with E-state index < -0.39 is 0 Å². The summed E-state index contributed by atoms with van der Waals surface area (Å²) in [4.78, 5) is 5.20. The molecule has 0 aliphatic heterocycles. The summed E-state index contributed by atoms with van der Waals surface area (Å²) in [6.07, 6.45) is 2.65. The molecule has 1 unspecified atom stereocenters. The van der Waals surface area contributed by atoms with Gasteiger partial charge in [0.15, 0.2) is 0 Å². The molecular formula is C12H11ClFNS. The molecule has 0 saturated carbocycles. The molecule has 1 aromatic carbocycles. The highest BCUT2D eigenvalue weighted by Gasteiger charge is 2.12. The van der Waals surface area contributed by atoms with Gasteiger partial charge in [-0.2, -0.15) is 0 Å². The number of aromatic nitrogens is 1. The molecule has 0 aliphatic carbocycles. The van der Waals surface area contributed by atoms with Gasteiger partial charge in [-0.05, 0) is 24.1 Å². The van der Waals surface area contributed by atoms with E-state index in [0.717, 1.165) is 12.0 Å². The lowest BCUT2D eigenvalue weighted by Crippen LogP contribution is -2.04. The Morgan fingerprint density at radius 2 is 2.31 bits per heavy atom. The van der Waals surface area contributed by atoms with E-state index in [2.05, 4.69) is 4.98 Å². The number of halogens is 2. The van der Waals surface area contributed by atoms with Crippen molar-refractivity contribution in [2.75, 3.05) is 5.88 Å². The second-order valence-electron chi connectivity index (χ2n) is 3.58. The van der Waals surface area contributed by atoms with Crippen molar-refractivity contribution >= 4 is 22.9 Å². The van der Waals surface area contributed by atoms with Gasteiger partial charge in [0.25, 0.3) is 0 Å². The van der Waals surface area contributed by atoms with Crippen molar-refractivity contribution in [3.63, 3.8) is 0 Å². The number of hydrogen-bond donors (Lipinski definition) is 0. The molecule has 0 amide bonds. The molecule has 16 heavy (non-hydrogen) atoms. The standard InChI is InChI=1S/C12H11ClFNS/c13-6-10(5-12-7-15-8-16-12)9-2-1-3-11(14)4-9/h1-4,7-8,10H,5-6H2. The quantitative estimate of drug-likeness (QED) is 0.757. The molecule has 0 bridgehead atoms. The summed E-state index contributed by atoms with van der Waals surface area (Å²) in [5.41, 5.74) is 2.75. The van der Waals surface area contributed by atoms with Gasteiger partial charge in [0.1, 0.15) is 5.82 Å². The molecular weight excluding hydrogens is 245 g/mol. The summed E-state index contributed by atoms with van der Waals surface area (Å²) in [5, 5.41) is 0. The fourth-order valence-electron chi connectivity index (χ4n) is 1.61. The molecule has 4 heteroatoms. The molecule has 2 aromatic rings. The van der Waals surface area contributed by atoms with Crippen molar-refractivity contribution < 1.29 is 4.39 Å². The maximum absolute atomic E-state index is 13.1. The van der Waals surface area contributed by atoms with Crippen LogP contribution < -0.4 is 0 Å². The zero-order valence-electron chi connectivity index (χ0n) is 8.57. The van der Waals surface area contributed by atoms with Crippen molar-refractivity contribution in [1.82, 2.24) is 4.98 Å². The van der Waals surface area contributed by atoms with Crippen LogP contribution in [0.2, 0.25) is 0 Å². The summed E-state index contributed by atoms with van der Waals surface area (Å²) in [5.74, 6) is 0.427. The predicted octanol–water partition coefficient (Wildman–Crippen LogP) is 3.85. The van der Waals surface area contributed by atoms with Crippen LogP contribution >= 0.6 is 22.9 Å². The molecule has 0 spiro atoms. The van der Waals surface area contributed by atoms with E-state index >= 15 is 0 Å². The molecule has 0 saturated heterocycles. The minimum Gasteiger partial charge on any atom is -0.253 e. The van der Waals surface area contributed by atoms with Crippen molar-refractivity contribution in [2.45, 2.75) is 12.3 Å². The largest absolute Gasteiger partial charge is 0.253 e. The van der Waals surface area contributed by atoms with E-state index in [4.69, 9.17) is 11.6 Å². The van der Waals surface area contributed by atoms with Gasteiger partial charge < -0.3 is 0 Å². The Kier molecular flexibility index (Phi) is 3.91. The lowest BCUT2D eigenvalue weighted by molar-refractivity contribution is 0.621. The van der Waals surface area contributed by atoms with E-state index in [0.29, 0.717) is 5.88 Å². The first kappa shape index (κ1) is 11.6. The molecule has 1 nitrogen and oxygen atoms in total. The molecule has 2 rings (SSSR count). The Bertz CT molecular complexity index is 444. The van der Waals surface area contributed by atoms with Crippen LogP contribution in [-0.4, -0.2) is 10.9 Å². The Morgan fingerprint density at radius 3 is 2.94 bits per heavy atom. The second-order valence-corrected chi connectivity index (χ2v) is 4.86. The first-order valence-electron chi connectivity index (χ1n) is 4.98. The number of alkyl halides is 1. The average Bonchev–Trinajstić information content (AvgIpc) is 2.78. The van der Waals surface area contributed by atoms with Gasteiger partial charge in [-0.3, -0.25) is 4.98 Å². The van der Waals surface area contributed by atoms with Crippen molar-refractivity contribution in [3.05, 3.63) is 52.2 Å². The SMILES string of the molecule is Fc1cccc(C(CCl)Cc2cncs2)c1. The van der Waals surface area contributed by atoms with Gasteiger partial charge in [0.2, 0.25) is 0 Å². The number of hydrogen-bond acceptors (Lipinski definition) is 2. The van der Waals surface area contributed by atoms with Crippen LogP contribution in [0.25, 0.3) is 0 Å². The first-order valence-corrected chi connectivity index (χ1v) is 6.40. The van der Waals surface area contributed by atoms with Crippen LogP contribution in [0.3, 0.4) is 0 Å². The molecule has 0 aliphatic rings. The van der Waals surface area contributed by atoms with Crippen LogP contribution in [0.15, 0.2) is 36.0 Å². The second kappa shape index (κ2) is 5.41. The maximum atomic E-state index is 13.1. The summed E-state index contributed by atoms with van der Waals surface area (Å²) in [6, 6.07) is 6.63. The minimum atomic E-state index is -0.211. The predicted molar refractivity (Wildman–Crippen MR) is 65.7 cm³/mol. The number of benzene rings is 1. The zero-order valence-corrected chi connectivity index (χ0v) is 10.1. The normalized spacial score (nSPS) is 12.6. The molecule has 0 fully saturated rings. The van der Waals surface area contributed by atoms with Crippen LogP contribution in [0.1, 0.15) is 16.4 Å². The Balaban J connectivity index is 2.16. The van der Waals surface area contributed by atoms with Gasteiger partial charge in [-0.15, -0.1) is 22.9 Å². The van der Waals surface area contributed by atoms with Crippen LogP contribution in [0.5, 0.6) is 0 Å². The van der Waals surface area contributed by atoms with Gasteiger partial charge in [-0.1, -0.05) is 12.1 Å². The highest BCUT2D eigenvalue weighted by atomic mass is 35.5. The lowest BCUT2D eigenvalue weighted by Gasteiger charge is -2.12. The Labute approximate surface area is 103 Å². The van der Waals surface area contributed by atoms with Crippen molar-refractivity contribution in [1.29, 1.82) is 0 Å². The fraction of sp³-hybridized carbons (Fsp3) is 0.250. The maximum Gasteiger partial charge on any atom is 0.123 e. The molecule has 1 atom stereocenters. The first-order chi connectivity index (χ1) is 7.79. The van der Waals surface area contributed by atoms with Crippen LogP contribution in [0, 0.1) is 5.82 Å². The average molecular weight is 256 g/mol. The smallest absolute Gasteiger partial charge is 0.123 e. The fourth-order valence-corrected chi connectivity index (χ4v) is 2.57. The third-order valence-corrected chi connectivity index (χ3v) is 3.61. The van der Waals surface area contributed by atoms with Gasteiger partial charge in [-0.25, -0.2) is 4.39 Å². The van der Waals surface area contributed by atoms with E-state index in [1.54, 1.807) is 29.0 Å². The molecule has 84 valence electrons. The van der Waals surface area contributed by atoms with Crippen molar-refractivity contribution in [3.8, 4) is 0 Å². The van der Waals surface area contributed by atoms with E-state index in [1.165, 1.54) is 10.9 Å². The van der Waals surface area contributed by atoms with E-state index in [9.17, 15) is 4.39 Å². The third-order valence-electron chi connectivity index (χ3n) is 2.44. The van der Waals surface area contributed by atoms with Gasteiger partial charge >= 0.3 is 0 Å². The summed E-state index contributed by atoms with van der Waals surface area (Å²) >= 11 is 7.54. The highest BCUT2D eigenvalue weighted by Crippen LogP contribution is 2.24. The van der Waals surface area contributed by atoms with Crippen LogP contribution in [-0.2, 0) is 6.42 Å². The Hall–Kier alpha value is -0.930. The van der Waals surface area contributed by atoms with E-state index in [-0.39, 0.29) is 11.7 Å². The summed E-state index contributed by atoms with van der Waals surface area (Å²) in [7, 11) is 0. The number of rotatable bonds is 4.